The molecule has 2 aromatic heterocycles. The van der Waals surface area contributed by atoms with E-state index < -0.39 is 37.7 Å². The molecule has 154 valence electrons. The van der Waals surface area contributed by atoms with E-state index in [1.54, 1.807) is 6.92 Å². The summed E-state index contributed by atoms with van der Waals surface area (Å²) in [5, 5.41) is 0. The van der Waals surface area contributed by atoms with E-state index >= 15 is 0 Å². The minimum absolute atomic E-state index is 0.0637. The van der Waals surface area contributed by atoms with Crippen LogP contribution in [0.1, 0.15) is 19.6 Å². The van der Waals surface area contributed by atoms with E-state index in [0.29, 0.717) is 0 Å². The molecule has 3 rings (SSSR count). The molecule has 0 spiro atoms. The summed E-state index contributed by atoms with van der Waals surface area (Å²) in [6, 6.07) is 0. The van der Waals surface area contributed by atoms with Gasteiger partial charge >= 0.3 is 13.8 Å². The van der Waals surface area contributed by atoms with Crippen molar-refractivity contribution in [3.63, 3.8) is 0 Å². The molecule has 0 saturated carbocycles. The van der Waals surface area contributed by atoms with Crippen LogP contribution in [0.4, 0.5) is 10.7 Å². The lowest BCUT2D eigenvalue weighted by Crippen LogP contribution is -2.31. The number of hydrogen-bond donors (Lipinski definition) is 3. The Morgan fingerprint density at radius 3 is 3.00 bits per heavy atom. The van der Waals surface area contributed by atoms with Gasteiger partial charge in [0.15, 0.2) is 11.2 Å². The van der Waals surface area contributed by atoms with Gasteiger partial charge in [0.2, 0.25) is 5.95 Å². The Labute approximate surface area is 158 Å². The van der Waals surface area contributed by atoms with Crippen molar-refractivity contribution in [2.45, 2.75) is 31.8 Å². The molecule has 1 saturated heterocycles. The van der Waals surface area contributed by atoms with E-state index in [4.69, 9.17) is 24.5 Å². The van der Waals surface area contributed by atoms with Crippen molar-refractivity contribution in [2.75, 3.05) is 25.6 Å². The molecular formula is C14H20N5O8P. The van der Waals surface area contributed by atoms with E-state index in [1.165, 1.54) is 10.9 Å². The Morgan fingerprint density at radius 1 is 1.57 bits per heavy atom. The Hall–Kier alpha value is -2.47. The van der Waals surface area contributed by atoms with Gasteiger partial charge in [-0.05, 0) is 6.92 Å². The Balaban J connectivity index is 1.85. The quantitative estimate of drug-likeness (QED) is 0.436. The SMILES string of the molecule is CCOC(=O)O[C@@H]1C[C@H](n2cnc3c(=O)[nH]c(N)nc32)OC1COP(C)(=O)O. The smallest absolute Gasteiger partial charge is 0.435 e. The molecule has 1 aliphatic rings. The van der Waals surface area contributed by atoms with Crippen molar-refractivity contribution in [3.05, 3.63) is 16.7 Å². The third kappa shape index (κ3) is 4.50. The molecule has 1 fully saturated rings. The molecule has 14 heteroatoms. The van der Waals surface area contributed by atoms with E-state index in [9.17, 15) is 19.0 Å². The second kappa shape index (κ2) is 7.87. The van der Waals surface area contributed by atoms with Gasteiger partial charge in [-0.15, -0.1) is 0 Å². The topological polar surface area (TPSA) is 181 Å². The summed E-state index contributed by atoms with van der Waals surface area (Å²) < 4.78 is 33.6. The summed E-state index contributed by atoms with van der Waals surface area (Å²) in [4.78, 5) is 43.4. The summed E-state index contributed by atoms with van der Waals surface area (Å²) in [5.74, 6) is -0.0938. The predicted molar refractivity (Wildman–Crippen MR) is 94.7 cm³/mol. The fourth-order valence-electron chi connectivity index (χ4n) is 2.79. The molecule has 0 amide bonds. The lowest BCUT2D eigenvalue weighted by Gasteiger charge is -2.19. The minimum atomic E-state index is -3.77. The third-order valence-corrected chi connectivity index (χ3v) is 4.56. The maximum absolute atomic E-state index is 11.9. The Morgan fingerprint density at radius 2 is 2.32 bits per heavy atom. The molecule has 0 aromatic carbocycles. The highest BCUT2D eigenvalue weighted by Gasteiger charge is 2.41. The van der Waals surface area contributed by atoms with Crippen molar-refractivity contribution in [1.29, 1.82) is 0 Å². The molecule has 2 unspecified atom stereocenters. The molecule has 0 radical (unpaired) electrons. The number of nitrogen functional groups attached to an aromatic ring is 1. The van der Waals surface area contributed by atoms with Gasteiger partial charge in [0.1, 0.15) is 18.4 Å². The number of carbonyl (C=O) groups excluding carboxylic acids is 1. The molecule has 3 heterocycles. The van der Waals surface area contributed by atoms with Gasteiger partial charge in [-0.25, -0.2) is 9.78 Å². The number of anilines is 1. The van der Waals surface area contributed by atoms with Crippen LogP contribution in [0.3, 0.4) is 0 Å². The number of fused-ring (bicyclic) bond motifs is 1. The van der Waals surface area contributed by atoms with Crippen molar-refractivity contribution in [1.82, 2.24) is 19.5 Å². The molecular weight excluding hydrogens is 397 g/mol. The first kappa shape index (κ1) is 20.3. The van der Waals surface area contributed by atoms with Crippen molar-refractivity contribution in [2.24, 2.45) is 0 Å². The highest BCUT2D eigenvalue weighted by Crippen LogP contribution is 2.39. The number of imidazole rings is 1. The highest BCUT2D eigenvalue weighted by molar-refractivity contribution is 7.51. The lowest BCUT2D eigenvalue weighted by atomic mass is 10.2. The molecule has 4 N–H and O–H groups in total. The first-order valence-corrected chi connectivity index (χ1v) is 10.4. The second-order valence-corrected chi connectivity index (χ2v) is 7.94. The zero-order valence-electron chi connectivity index (χ0n) is 15.1. The zero-order valence-corrected chi connectivity index (χ0v) is 16.0. The van der Waals surface area contributed by atoms with E-state index in [1.807, 2.05) is 0 Å². The largest absolute Gasteiger partial charge is 0.508 e. The fraction of sp³-hybridized carbons (Fsp3) is 0.571. The van der Waals surface area contributed by atoms with Gasteiger partial charge in [0.25, 0.3) is 5.56 Å². The molecule has 2 aromatic rings. The van der Waals surface area contributed by atoms with Gasteiger partial charge in [0, 0.05) is 13.1 Å². The number of rotatable bonds is 6. The fourth-order valence-corrected chi connectivity index (χ4v) is 3.21. The van der Waals surface area contributed by atoms with Crippen LogP contribution in [-0.2, 0) is 23.3 Å². The zero-order chi connectivity index (χ0) is 20.5. The maximum Gasteiger partial charge on any atom is 0.508 e. The normalized spacial score (nSPS) is 24.2. The standard InChI is InChI=1S/C14H20N5O8P/c1-3-24-14(21)27-7-4-9(26-8(7)5-25-28(2,22)23)19-6-16-10-11(19)17-13(15)18-12(10)20/h6-9H,3-5H2,1-2H3,(H,22,23)(H3,15,17,18,20)/t7-,8?,9-/m1/s1. The first-order valence-electron chi connectivity index (χ1n) is 8.34. The van der Waals surface area contributed by atoms with Gasteiger partial charge in [-0.2, -0.15) is 4.98 Å². The Kier molecular flexibility index (Phi) is 5.70. The van der Waals surface area contributed by atoms with Crippen LogP contribution in [0.25, 0.3) is 11.2 Å². The number of ether oxygens (including phenoxy) is 3. The molecule has 13 nitrogen and oxygen atoms in total. The molecule has 28 heavy (non-hydrogen) atoms. The third-order valence-electron chi connectivity index (χ3n) is 3.93. The van der Waals surface area contributed by atoms with Crippen LogP contribution in [0, 0.1) is 0 Å². The average molecular weight is 417 g/mol. The molecule has 0 aliphatic carbocycles. The van der Waals surface area contributed by atoms with Gasteiger partial charge < -0.3 is 29.4 Å². The molecule has 1 aliphatic heterocycles. The number of H-pyrrole nitrogens is 1. The van der Waals surface area contributed by atoms with Gasteiger partial charge in [-0.1, -0.05) is 0 Å². The van der Waals surface area contributed by atoms with Crippen LogP contribution in [0.15, 0.2) is 11.1 Å². The Bertz CT molecular complexity index is 968. The van der Waals surface area contributed by atoms with Crippen molar-refractivity contribution < 1.29 is 33.0 Å². The van der Waals surface area contributed by atoms with E-state index in [0.717, 1.165) is 6.66 Å². The van der Waals surface area contributed by atoms with Crippen LogP contribution >= 0.6 is 7.60 Å². The van der Waals surface area contributed by atoms with Crippen molar-refractivity contribution in [3.8, 4) is 0 Å². The lowest BCUT2D eigenvalue weighted by molar-refractivity contribution is -0.0518. The monoisotopic (exact) mass is 417 g/mol. The summed E-state index contributed by atoms with van der Waals surface area (Å²) in [7, 11) is -3.77. The summed E-state index contributed by atoms with van der Waals surface area (Å²) in [6.45, 7) is 2.48. The highest BCUT2D eigenvalue weighted by atomic mass is 31.2. The van der Waals surface area contributed by atoms with Crippen LogP contribution in [0.2, 0.25) is 0 Å². The number of nitrogens with zero attached hydrogens (tertiary/aromatic N) is 3. The number of aromatic nitrogens is 4. The average Bonchev–Trinajstić information content (AvgIpc) is 3.16. The van der Waals surface area contributed by atoms with E-state index in [2.05, 4.69) is 15.0 Å². The minimum Gasteiger partial charge on any atom is -0.435 e. The number of nitrogens with two attached hydrogens (primary N) is 1. The molecule has 4 atom stereocenters. The summed E-state index contributed by atoms with van der Waals surface area (Å²) >= 11 is 0. The predicted octanol–water partition coefficient (Wildman–Crippen LogP) is 0.363. The van der Waals surface area contributed by atoms with Crippen LogP contribution in [0.5, 0.6) is 0 Å². The number of hydrogen-bond acceptors (Lipinski definition) is 10. The summed E-state index contributed by atoms with van der Waals surface area (Å²) in [5.41, 5.74) is 5.33. The van der Waals surface area contributed by atoms with E-state index in [-0.39, 0.29) is 36.7 Å². The van der Waals surface area contributed by atoms with Crippen molar-refractivity contribution >= 4 is 30.9 Å². The second-order valence-electron chi connectivity index (χ2n) is 6.08. The van der Waals surface area contributed by atoms with Crippen LogP contribution < -0.4 is 11.3 Å². The van der Waals surface area contributed by atoms with Gasteiger partial charge in [-0.3, -0.25) is 18.9 Å². The maximum atomic E-state index is 11.9. The van der Waals surface area contributed by atoms with Crippen LogP contribution in [-0.4, -0.2) is 62.7 Å². The number of nitrogens with one attached hydrogen (secondary N) is 1. The number of aromatic amines is 1. The number of carbonyl (C=O) groups is 1. The van der Waals surface area contributed by atoms with Gasteiger partial charge in [0.05, 0.1) is 19.5 Å². The molecule has 0 bridgehead atoms. The summed E-state index contributed by atoms with van der Waals surface area (Å²) in [6.07, 6.45) is -1.83. The first-order chi connectivity index (χ1) is 13.2.